The molecular weight excluding hydrogens is 395 g/mol. The predicted octanol–water partition coefficient (Wildman–Crippen LogP) is 5.66. The van der Waals surface area contributed by atoms with Crippen molar-refractivity contribution in [3.8, 4) is 0 Å². The lowest BCUT2D eigenvalue weighted by Gasteiger charge is -2.19. The minimum absolute atomic E-state index is 0.0608. The lowest BCUT2D eigenvalue weighted by Crippen LogP contribution is -2.24. The van der Waals surface area contributed by atoms with Crippen LogP contribution < -0.4 is 5.32 Å². The average Bonchev–Trinajstić information content (AvgIpc) is 2.57. The third kappa shape index (κ3) is 5.59. The number of thiophene rings is 1. The molecule has 1 rings (SSSR count). The summed E-state index contributed by atoms with van der Waals surface area (Å²) in [4.78, 5) is 0. The van der Waals surface area contributed by atoms with Crippen LogP contribution >= 0.6 is 43.2 Å². The van der Waals surface area contributed by atoms with E-state index in [0.29, 0.717) is 6.54 Å². The Bertz CT molecular complexity index is 379. The van der Waals surface area contributed by atoms with Crippen LogP contribution in [0.25, 0.3) is 0 Å². The summed E-state index contributed by atoms with van der Waals surface area (Å²) in [7, 11) is 0. The van der Waals surface area contributed by atoms with Crippen LogP contribution in [0.5, 0.6) is 0 Å². The highest BCUT2D eigenvalue weighted by molar-refractivity contribution is 9.12. The van der Waals surface area contributed by atoms with E-state index in [-0.39, 0.29) is 12.5 Å². The van der Waals surface area contributed by atoms with Crippen molar-refractivity contribution >= 4 is 43.2 Å². The van der Waals surface area contributed by atoms with Crippen molar-refractivity contribution in [2.24, 2.45) is 0 Å². The monoisotopic (exact) mass is 407 g/mol. The van der Waals surface area contributed by atoms with Gasteiger partial charge in [-0.05, 0) is 62.9 Å². The molecule has 18 heavy (non-hydrogen) atoms. The Balaban J connectivity index is 2.74. The van der Waals surface area contributed by atoms with Crippen molar-refractivity contribution in [3.63, 3.8) is 0 Å². The molecule has 1 aromatic heterocycles. The van der Waals surface area contributed by atoms with Gasteiger partial charge in [0.25, 0.3) is 0 Å². The molecule has 1 unspecified atom stereocenters. The van der Waals surface area contributed by atoms with Crippen LogP contribution in [0.4, 0.5) is 13.2 Å². The van der Waals surface area contributed by atoms with Crippen LogP contribution in [0.2, 0.25) is 0 Å². The molecule has 0 bridgehead atoms. The maximum Gasteiger partial charge on any atom is 0.389 e. The summed E-state index contributed by atoms with van der Waals surface area (Å²) in [6.45, 7) is 2.70. The third-order valence-corrected chi connectivity index (χ3v) is 4.80. The fraction of sp³-hybridized carbons (Fsp3) is 0.636. The van der Waals surface area contributed by atoms with E-state index in [4.69, 9.17) is 0 Å². The molecule has 1 nitrogen and oxygen atoms in total. The molecule has 0 amide bonds. The normalized spacial score (nSPS) is 13.9. The number of rotatable bonds is 6. The maximum absolute atomic E-state index is 12.3. The van der Waals surface area contributed by atoms with Gasteiger partial charge in [-0.2, -0.15) is 13.2 Å². The molecule has 0 aromatic carbocycles. The first-order chi connectivity index (χ1) is 8.33. The first kappa shape index (κ1) is 16.5. The van der Waals surface area contributed by atoms with Gasteiger partial charge in [-0.3, -0.25) is 0 Å². The topological polar surface area (TPSA) is 12.0 Å². The Labute approximate surface area is 125 Å². The van der Waals surface area contributed by atoms with Gasteiger partial charge in [-0.15, -0.1) is 11.3 Å². The molecule has 0 fully saturated rings. The van der Waals surface area contributed by atoms with Crippen molar-refractivity contribution < 1.29 is 13.2 Å². The highest BCUT2D eigenvalue weighted by Crippen LogP contribution is 2.38. The Hall–Kier alpha value is 0.410. The Morgan fingerprint density at radius 1 is 1.39 bits per heavy atom. The van der Waals surface area contributed by atoms with Crippen LogP contribution in [-0.2, 0) is 0 Å². The molecule has 0 aliphatic carbocycles. The van der Waals surface area contributed by atoms with Crippen LogP contribution in [-0.4, -0.2) is 12.7 Å². The molecule has 0 radical (unpaired) electrons. The number of alkyl halides is 3. The summed E-state index contributed by atoms with van der Waals surface area (Å²) >= 11 is 8.22. The van der Waals surface area contributed by atoms with Gasteiger partial charge in [0.1, 0.15) is 0 Å². The summed E-state index contributed by atoms with van der Waals surface area (Å²) in [6.07, 6.45) is -3.92. The molecule has 104 valence electrons. The zero-order chi connectivity index (χ0) is 13.8. The molecule has 1 atom stereocenters. The number of hydrogen-bond acceptors (Lipinski definition) is 2. The number of hydrogen-bond donors (Lipinski definition) is 1. The van der Waals surface area contributed by atoms with Crippen molar-refractivity contribution in [2.45, 2.75) is 38.4 Å². The van der Waals surface area contributed by atoms with E-state index in [9.17, 15) is 13.2 Å². The van der Waals surface area contributed by atoms with Crippen LogP contribution in [0, 0.1) is 0 Å². The Kier molecular flexibility index (Phi) is 6.64. The predicted molar refractivity (Wildman–Crippen MR) is 76.0 cm³/mol. The largest absolute Gasteiger partial charge is 0.389 e. The second-order valence-electron chi connectivity index (χ2n) is 3.94. The van der Waals surface area contributed by atoms with Gasteiger partial charge in [-0.1, -0.05) is 6.92 Å². The third-order valence-electron chi connectivity index (χ3n) is 2.42. The van der Waals surface area contributed by atoms with E-state index < -0.39 is 12.6 Å². The van der Waals surface area contributed by atoms with Crippen LogP contribution in [0.15, 0.2) is 13.6 Å². The molecule has 0 aliphatic rings. The fourth-order valence-corrected chi connectivity index (χ4v) is 4.56. The Morgan fingerprint density at radius 2 is 2.06 bits per heavy atom. The zero-order valence-corrected chi connectivity index (χ0v) is 13.8. The zero-order valence-electron chi connectivity index (χ0n) is 9.78. The van der Waals surface area contributed by atoms with Crippen molar-refractivity contribution in [3.05, 3.63) is 19.2 Å². The van der Waals surface area contributed by atoms with E-state index in [0.717, 1.165) is 19.6 Å². The smallest absolute Gasteiger partial charge is 0.310 e. The van der Waals surface area contributed by atoms with Gasteiger partial charge in [0.05, 0.1) is 7.57 Å². The van der Waals surface area contributed by atoms with E-state index in [2.05, 4.69) is 37.2 Å². The van der Waals surface area contributed by atoms with E-state index in [1.54, 1.807) is 0 Å². The highest BCUT2D eigenvalue weighted by Gasteiger charge is 2.29. The summed E-state index contributed by atoms with van der Waals surface area (Å²) in [5.41, 5.74) is 0.893. The minimum Gasteiger partial charge on any atom is -0.310 e. The van der Waals surface area contributed by atoms with E-state index >= 15 is 0 Å². The highest BCUT2D eigenvalue weighted by atomic mass is 79.9. The molecular formula is C11H14Br2F3NS. The van der Waals surface area contributed by atoms with Crippen LogP contribution in [0.1, 0.15) is 37.8 Å². The summed E-state index contributed by atoms with van der Waals surface area (Å²) < 4.78 is 38.7. The first-order valence-electron chi connectivity index (χ1n) is 5.58. The van der Waals surface area contributed by atoms with Crippen molar-refractivity contribution in [1.29, 1.82) is 0 Å². The van der Waals surface area contributed by atoms with Gasteiger partial charge >= 0.3 is 6.18 Å². The molecule has 0 aliphatic heterocycles. The van der Waals surface area contributed by atoms with Gasteiger partial charge in [0.15, 0.2) is 0 Å². The molecule has 0 saturated carbocycles. The van der Waals surface area contributed by atoms with E-state index in [1.165, 1.54) is 11.3 Å². The van der Waals surface area contributed by atoms with Crippen molar-refractivity contribution in [2.75, 3.05) is 6.54 Å². The second-order valence-corrected chi connectivity index (χ2v) is 7.69. The quantitative estimate of drug-likeness (QED) is 0.640. The van der Waals surface area contributed by atoms with E-state index in [1.807, 2.05) is 13.0 Å². The van der Waals surface area contributed by atoms with Gasteiger partial charge in [0, 0.05) is 12.5 Å². The fourth-order valence-electron chi connectivity index (χ4n) is 1.58. The Morgan fingerprint density at radius 3 is 2.50 bits per heavy atom. The lowest BCUT2D eigenvalue weighted by molar-refractivity contribution is -0.136. The van der Waals surface area contributed by atoms with Crippen LogP contribution in [0.3, 0.4) is 0 Å². The summed E-state index contributed by atoms with van der Waals surface area (Å²) in [5.74, 6) is 0. The minimum atomic E-state index is -4.11. The molecule has 0 saturated heterocycles. The van der Waals surface area contributed by atoms with Crippen molar-refractivity contribution in [1.82, 2.24) is 5.32 Å². The summed E-state index contributed by atoms with van der Waals surface area (Å²) in [5, 5.41) is 3.17. The number of nitrogens with one attached hydrogen (secondary N) is 1. The van der Waals surface area contributed by atoms with Gasteiger partial charge in [-0.25, -0.2) is 0 Å². The molecule has 1 N–H and O–H groups in total. The summed E-state index contributed by atoms with van der Waals surface area (Å²) in [6, 6.07) is 1.61. The number of halogens is 5. The molecule has 0 spiro atoms. The lowest BCUT2D eigenvalue weighted by atomic mass is 10.0. The van der Waals surface area contributed by atoms with Gasteiger partial charge in [0.2, 0.25) is 0 Å². The molecule has 1 heterocycles. The standard InChI is InChI=1S/C11H14Br2F3NS/c1-2-5-17-8(3-4-11(14,15)16)7-6-9(12)18-10(7)13/h6,8,17H,2-5H2,1H3. The van der Waals surface area contributed by atoms with Gasteiger partial charge < -0.3 is 5.32 Å². The molecule has 1 aromatic rings. The maximum atomic E-state index is 12.3. The SMILES string of the molecule is CCCNC(CCC(F)(F)F)c1cc(Br)sc1Br. The second kappa shape index (κ2) is 7.26. The first-order valence-corrected chi connectivity index (χ1v) is 7.98. The average molecular weight is 409 g/mol. The molecule has 7 heteroatoms.